The molecule has 0 unspecified atom stereocenters. The number of methoxy groups -OCH3 is 1. The van der Waals surface area contributed by atoms with E-state index in [0.29, 0.717) is 47.7 Å². The van der Waals surface area contributed by atoms with Crippen LogP contribution in [-0.4, -0.2) is 50.5 Å². The molecule has 1 aliphatic carbocycles. The van der Waals surface area contributed by atoms with Gasteiger partial charge in [0.2, 0.25) is 22.7 Å². The number of nitrogens with zero attached hydrogens (tertiary/aromatic N) is 3. The number of aryl methyl sites for hydroxylation is 1. The number of fused-ring (bicyclic) bond motifs is 1. The summed E-state index contributed by atoms with van der Waals surface area (Å²) in [4.78, 5) is 23.3. The Morgan fingerprint density at radius 1 is 1.19 bits per heavy atom. The number of anilines is 4. The lowest BCUT2D eigenvalue weighted by atomic mass is 9.84. The van der Waals surface area contributed by atoms with Gasteiger partial charge in [-0.1, -0.05) is 24.4 Å². The van der Waals surface area contributed by atoms with E-state index >= 15 is 0 Å². The molecule has 2 aromatic rings. The van der Waals surface area contributed by atoms with E-state index in [2.05, 4.69) is 25.3 Å². The molecule has 196 valence electrons. The van der Waals surface area contributed by atoms with Gasteiger partial charge in [-0.2, -0.15) is 4.98 Å². The first-order valence-electron chi connectivity index (χ1n) is 12.3. The minimum Gasteiger partial charge on any atom is -0.494 e. The zero-order valence-electron chi connectivity index (χ0n) is 20.6. The number of carbonyl (C=O) groups is 1. The minimum absolute atomic E-state index is 0.0426. The first-order chi connectivity index (χ1) is 17.4. The summed E-state index contributed by atoms with van der Waals surface area (Å²) in [6.45, 7) is 2.95. The van der Waals surface area contributed by atoms with Crippen molar-refractivity contribution >= 4 is 51.5 Å². The first kappa shape index (κ1) is 26.4. The zero-order valence-corrected chi connectivity index (χ0v) is 22.2. The fourth-order valence-corrected chi connectivity index (χ4v) is 5.57. The smallest absolute Gasteiger partial charge is 0.229 e. The van der Waals surface area contributed by atoms with Gasteiger partial charge in [0.1, 0.15) is 10.8 Å². The third kappa shape index (κ3) is 6.19. The van der Waals surface area contributed by atoms with E-state index in [9.17, 15) is 13.2 Å². The Balaban J connectivity index is 1.57. The van der Waals surface area contributed by atoms with Gasteiger partial charge in [0.25, 0.3) is 0 Å². The van der Waals surface area contributed by atoms with Crippen LogP contribution in [0.25, 0.3) is 0 Å². The summed E-state index contributed by atoms with van der Waals surface area (Å²) < 4.78 is 30.2. The quantitative estimate of drug-likeness (QED) is 0.358. The van der Waals surface area contributed by atoms with Crippen LogP contribution >= 0.6 is 11.6 Å². The molecule has 3 N–H and O–H groups in total. The second kappa shape index (κ2) is 12.1. The molecule has 1 aromatic heterocycles. The largest absolute Gasteiger partial charge is 0.494 e. The van der Waals surface area contributed by atoms with Crippen LogP contribution in [0.3, 0.4) is 0 Å². The van der Waals surface area contributed by atoms with E-state index < -0.39 is 10.9 Å². The van der Waals surface area contributed by atoms with E-state index in [4.69, 9.17) is 16.3 Å². The van der Waals surface area contributed by atoms with Gasteiger partial charge < -0.3 is 20.3 Å². The highest BCUT2D eigenvalue weighted by atomic mass is 35.5. The van der Waals surface area contributed by atoms with Gasteiger partial charge in [0.15, 0.2) is 5.82 Å². The van der Waals surface area contributed by atoms with Gasteiger partial charge in [-0.05, 0) is 50.2 Å². The molecule has 0 bridgehead atoms. The van der Waals surface area contributed by atoms with E-state index in [0.717, 1.165) is 49.8 Å². The summed E-state index contributed by atoms with van der Waals surface area (Å²) in [6.07, 6.45) is 7.57. The summed E-state index contributed by atoms with van der Waals surface area (Å²) in [6, 6.07) is 3.92. The van der Waals surface area contributed by atoms with Gasteiger partial charge in [-0.3, -0.25) is 4.79 Å². The fourth-order valence-electron chi connectivity index (χ4n) is 5.04. The Bertz CT molecular complexity index is 1170. The molecule has 10 nitrogen and oxygen atoms in total. The van der Waals surface area contributed by atoms with Crippen molar-refractivity contribution in [3.8, 4) is 5.75 Å². The van der Waals surface area contributed by atoms with E-state index in [1.54, 1.807) is 12.0 Å². The van der Waals surface area contributed by atoms with E-state index in [1.807, 2.05) is 19.1 Å². The molecule has 0 radical (unpaired) electrons. The summed E-state index contributed by atoms with van der Waals surface area (Å²) in [5.74, 6) is 1.69. The first-order valence-corrected chi connectivity index (χ1v) is 13.9. The third-order valence-electron chi connectivity index (χ3n) is 6.85. The molecule has 1 aliphatic heterocycles. The van der Waals surface area contributed by atoms with E-state index in [-0.39, 0.29) is 17.9 Å². The standard InChI is InChI=1S/C24H33ClN6O4S/c1-3-31-20-12-21(35-2)19(11-15(20)8-6-10-22(31)32)29-24-26-14-17(25)23(30-24)28-18-9-5-4-7-16(18)13-27-36(33)34/h11-12,14,16,18,36H,3-10,13H2,1-2H3,(H,27,33,34)(H2,26,28,29,30)/t16-,18-/m1/s1. The molecular weight excluding hydrogens is 504 g/mol. The second-order valence-electron chi connectivity index (χ2n) is 9.10. The lowest BCUT2D eigenvalue weighted by Crippen LogP contribution is -2.38. The summed E-state index contributed by atoms with van der Waals surface area (Å²) >= 11 is 6.42. The number of halogens is 1. The minimum atomic E-state index is -2.63. The molecule has 2 atom stereocenters. The molecule has 4 rings (SSSR count). The molecule has 0 saturated heterocycles. The number of benzene rings is 1. The van der Waals surface area contributed by atoms with Crippen molar-refractivity contribution in [1.29, 1.82) is 0 Å². The van der Waals surface area contributed by atoms with Gasteiger partial charge in [-0.25, -0.2) is 18.1 Å². The van der Waals surface area contributed by atoms with Crippen LogP contribution in [0.5, 0.6) is 5.75 Å². The molecule has 1 amide bonds. The predicted octanol–water partition coefficient (Wildman–Crippen LogP) is 3.66. The topological polar surface area (TPSA) is 126 Å². The van der Waals surface area contributed by atoms with Crippen LogP contribution in [0.15, 0.2) is 18.3 Å². The molecule has 2 heterocycles. The maximum atomic E-state index is 12.5. The van der Waals surface area contributed by atoms with Crippen molar-refractivity contribution in [2.24, 2.45) is 5.92 Å². The average Bonchev–Trinajstić information content (AvgIpc) is 3.02. The molecule has 1 aromatic carbocycles. The van der Waals surface area contributed by atoms with Gasteiger partial charge in [0.05, 0.1) is 24.7 Å². The Labute approximate surface area is 218 Å². The van der Waals surface area contributed by atoms with Gasteiger partial charge >= 0.3 is 0 Å². The number of hydrogen-bond acceptors (Lipinski definition) is 8. The van der Waals surface area contributed by atoms with Crippen molar-refractivity contribution < 1.29 is 17.9 Å². The van der Waals surface area contributed by atoms with Crippen molar-refractivity contribution in [3.63, 3.8) is 0 Å². The number of nitrogens with one attached hydrogen (secondary N) is 3. The van der Waals surface area contributed by atoms with Crippen LogP contribution in [0.1, 0.15) is 51.0 Å². The highest BCUT2D eigenvalue weighted by Gasteiger charge is 2.27. The van der Waals surface area contributed by atoms with E-state index in [1.165, 1.54) is 6.20 Å². The second-order valence-corrected chi connectivity index (χ2v) is 10.3. The lowest BCUT2D eigenvalue weighted by Gasteiger charge is -2.32. The average molecular weight is 537 g/mol. The highest BCUT2D eigenvalue weighted by Crippen LogP contribution is 2.38. The number of ether oxygens (including phenoxy) is 1. The third-order valence-corrected chi connectivity index (χ3v) is 7.57. The number of rotatable bonds is 9. The van der Waals surface area contributed by atoms with Crippen molar-refractivity contribution in [2.75, 3.05) is 35.7 Å². The molecular formula is C24H33ClN6O4S. The zero-order chi connectivity index (χ0) is 25.7. The summed E-state index contributed by atoms with van der Waals surface area (Å²) in [7, 11) is -1.05. The maximum absolute atomic E-state index is 12.5. The molecule has 12 heteroatoms. The van der Waals surface area contributed by atoms with Gasteiger partial charge in [-0.15, -0.1) is 0 Å². The van der Waals surface area contributed by atoms with Crippen LogP contribution in [0.2, 0.25) is 5.02 Å². The Hall–Kier alpha value is -2.63. The number of thiol groups is 1. The fraction of sp³-hybridized carbons (Fsp3) is 0.542. The number of carbonyl (C=O) groups excluding carboxylic acids is 1. The molecule has 36 heavy (non-hydrogen) atoms. The van der Waals surface area contributed by atoms with Crippen LogP contribution in [0.4, 0.5) is 23.1 Å². The molecule has 1 saturated carbocycles. The highest BCUT2D eigenvalue weighted by molar-refractivity contribution is 7.70. The monoisotopic (exact) mass is 536 g/mol. The predicted molar refractivity (Wildman–Crippen MR) is 142 cm³/mol. The lowest BCUT2D eigenvalue weighted by molar-refractivity contribution is -0.118. The van der Waals surface area contributed by atoms with Crippen LogP contribution < -0.4 is 25.0 Å². The molecule has 2 aliphatic rings. The van der Waals surface area contributed by atoms with Crippen molar-refractivity contribution in [2.45, 2.75) is 57.9 Å². The number of aromatic nitrogens is 2. The van der Waals surface area contributed by atoms with Crippen molar-refractivity contribution in [1.82, 2.24) is 14.7 Å². The number of hydrogen-bond donors (Lipinski definition) is 4. The van der Waals surface area contributed by atoms with Crippen molar-refractivity contribution in [3.05, 3.63) is 28.9 Å². The Morgan fingerprint density at radius 2 is 2.00 bits per heavy atom. The Kier molecular flexibility index (Phi) is 8.86. The number of amides is 1. The molecule has 0 spiro atoms. The summed E-state index contributed by atoms with van der Waals surface area (Å²) in [5.41, 5.74) is 2.64. The van der Waals surface area contributed by atoms with Crippen LogP contribution in [-0.2, 0) is 22.1 Å². The SMILES string of the molecule is CCN1C(=O)CCCc2cc(Nc3ncc(Cl)c(N[C@@H]4CCCC[C@@H]4CN[SH](=O)=O)n3)c(OC)cc21. The van der Waals surface area contributed by atoms with Gasteiger partial charge in [0, 0.05) is 31.6 Å². The normalized spacial score (nSPS) is 20.1. The molecule has 1 fully saturated rings. The summed E-state index contributed by atoms with van der Waals surface area (Å²) in [5, 5.41) is 7.06. The Morgan fingerprint density at radius 3 is 2.75 bits per heavy atom. The maximum Gasteiger partial charge on any atom is 0.229 e. The van der Waals surface area contributed by atoms with Crippen LogP contribution in [0, 0.1) is 5.92 Å².